The number of benzene rings is 2. The van der Waals surface area contributed by atoms with E-state index in [4.69, 9.17) is 9.57 Å². The number of nitrogens with zero attached hydrogens (tertiary/aromatic N) is 2. The number of nitrogens with one attached hydrogen (secondary N) is 1. The maximum Gasteiger partial charge on any atom is 0.407 e. The first-order valence-corrected chi connectivity index (χ1v) is 10.8. The molecule has 9 heteroatoms. The van der Waals surface area contributed by atoms with E-state index in [1.165, 1.54) is 12.0 Å². The van der Waals surface area contributed by atoms with Crippen LogP contribution < -0.4 is 5.32 Å². The van der Waals surface area contributed by atoms with Gasteiger partial charge in [0.05, 0.1) is 19.6 Å². The van der Waals surface area contributed by atoms with Crippen LogP contribution in [0, 0.1) is 0 Å². The normalized spacial score (nSPS) is 16.0. The van der Waals surface area contributed by atoms with E-state index in [0.29, 0.717) is 13.1 Å². The Bertz CT molecular complexity index is 1010. The van der Waals surface area contributed by atoms with Crippen LogP contribution in [0.2, 0.25) is 0 Å². The molecule has 33 heavy (non-hydrogen) atoms. The fourth-order valence-corrected chi connectivity index (χ4v) is 4.39. The highest BCUT2D eigenvalue weighted by molar-refractivity contribution is 5.90. The molecule has 1 unspecified atom stereocenters. The molecule has 1 aliphatic carbocycles. The highest BCUT2D eigenvalue weighted by atomic mass is 16.7. The third-order valence-corrected chi connectivity index (χ3v) is 6.29. The summed E-state index contributed by atoms with van der Waals surface area (Å²) in [5, 5.41) is 13.3. The number of carbonyl (C=O) groups excluding carboxylic acids is 2. The van der Waals surface area contributed by atoms with Gasteiger partial charge in [-0.1, -0.05) is 48.5 Å². The summed E-state index contributed by atoms with van der Waals surface area (Å²) in [4.78, 5) is 43.2. The van der Waals surface area contributed by atoms with E-state index < -0.39 is 30.4 Å². The number of aliphatic carboxylic acids is 1. The Kier molecular flexibility index (Phi) is 6.62. The van der Waals surface area contributed by atoms with Crippen molar-refractivity contribution in [1.29, 1.82) is 0 Å². The van der Waals surface area contributed by atoms with Gasteiger partial charge < -0.3 is 24.9 Å². The smallest absolute Gasteiger partial charge is 0.407 e. The van der Waals surface area contributed by atoms with Gasteiger partial charge in [0.1, 0.15) is 12.6 Å². The molecule has 0 aromatic heterocycles. The van der Waals surface area contributed by atoms with Gasteiger partial charge in [-0.3, -0.25) is 9.59 Å². The van der Waals surface area contributed by atoms with Crippen molar-refractivity contribution in [3.05, 3.63) is 59.7 Å². The molecule has 2 aliphatic rings. The molecular weight excluding hydrogens is 426 g/mol. The predicted molar refractivity (Wildman–Crippen MR) is 119 cm³/mol. The molecule has 2 amide bonds. The number of fused-ring (bicyclic) bond motifs is 3. The molecule has 0 saturated carbocycles. The molecule has 9 nitrogen and oxygen atoms in total. The molecule has 1 heterocycles. The van der Waals surface area contributed by atoms with Crippen molar-refractivity contribution >= 4 is 18.0 Å². The summed E-state index contributed by atoms with van der Waals surface area (Å²) in [6.07, 6.45) is -1.34. The molecule has 174 valence electrons. The van der Waals surface area contributed by atoms with Gasteiger partial charge in [0.15, 0.2) is 0 Å². The second kappa shape index (κ2) is 9.60. The Morgan fingerprint density at radius 1 is 1.09 bits per heavy atom. The molecule has 1 atom stereocenters. The summed E-state index contributed by atoms with van der Waals surface area (Å²) in [7, 11) is 3.30. The number of ether oxygens (including phenoxy) is 1. The van der Waals surface area contributed by atoms with Gasteiger partial charge >= 0.3 is 12.1 Å². The first-order chi connectivity index (χ1) is 15.9. The number of likely N-dealkylation sites (N-methyl/N-ethyl adjacent to an activating group) is 1. The fraction of sp³-hybridized carbons (Fsp3) is 0.375. The zero-order valence-corrected chi connectivity index (χ0v) is 18.6. The quantitative estimate of drug-likeness (QED) is 0.589. The molecule has 2 aromatic carbocycles. The van der Waals surface area contributed by atoms with Gasteiger partial charge in [0.25, 0.3) is 0 Å². The van der Waals surface area contributed by atoms with Crippen molar-refractivity contribution in [2.45, 2.75) is 24.4 Å². The van der Waals surface area contributed by atoms with Crippen molar-refractivity contribution < 1.29 is 29.1 Å². The highest BCUT2D eigenvalue weighted by Gasteiger charge is 2.38. The number of rotatable bonds is 8. The van der Waals surface area contributed by atoms with E-state index in [9.17, 15) is 19.5 Å². The molecule has 1 saturated heterocycles. The summed E-state index contributed by atoms with van der Waals surface area (Å²) in [6, 6.07) is 14.8. The van der Waals surface area contributed by atoms with E-state index in [-0.39, 0.29) is 18.6 Å². The number of amides is 2. The minimum absolute atomic E-state index is 0.0267. The zero-order chi connectivity index (χ0) is 23.5. The molecule has 0 spiro atoms. The van der Waals surface area contributed by atoms with Crippen LogP contribution in [0.25, 0.3) is 11.1 Å². The van der Waals surface area contributed by atoms with Gasteiger partial charge in [-0.15, -0.1) is 0 Å². The number of hydrogen-bond donors (Lipinski definition) is 2. The van der Waals surface area contributed by atoms with Crippen LogP contribution in [-0.2, 0) is 19.2 Å². The zero-order valence-electron chi connectivity index (χ0n) is 18.6. The largest absolute Gasteiger partial charge is 0.481 e. The van der Waals surface area contributed by atoms with Crippen molar-refractivity contribution in [2.75, 3.05) is 33.9 Å². The number of alkyl carbamates (subject to hydrolysis) is 1. The number of hydrogen-bond acceptors (Lipinski definition) is 6. The van der Waals surface area contributed by atoms with Crippen molar-refractivity contribution in [1.82, 2.24) is 15.3 Å². The topological polar surface area (TPSA) is 108 Å². The highest BCUT2D eigenvalue weighted by Crippen LogP contribution is 2.44. The van der Waals surface area contributed by atoms with Gasteiger partial charge in [0, 0.05) is 26.1 Å². The Balaban J connectivity index is 1.38. The lowest BCUT2D eigenvalue weighted by atomic mass is 9.98. The Morgan fingerprint density at radius 2 is 1.67 bits per heavy atom. The minimum atomic E-state index is -1.20. The summed E-state index contributed by atoms with van der Waals surface area (Å²) >= 11 is 0. The van der Waals surface area contributed by atoms with E-state index >= 15 is 0 Å². The number of likely N-dealkylation sites (tertiary alicyclic amines) is 1. The first-order valence-electron chi connectivity index (χ1n) is 10.8. The van der Waals surface area contributed by atoms with Crippen molar-refractivity contribution in [3.8, 4) is 11.1 Å². The van der Waals surface area contributed by atoms with Gasteiger partial charge in [0.2, 0.25) is 5.91 Å². The van der Waals surface area contributed by atoms with E-state index in [2.05, 4.69) is 5.32 Å². The van der Waals surface area contributed by atoms with Gasteiger partial charge in [-0.05, 0) is 22.3 Å². The van der Waals surface area contributed by atoms with Crippen molar-refractivity contribution in [3.63, 3.8) is 0 Å². The molecular formula is C24H27N3O6. The van der Waals surface area contributed by atoms with Crippen LogP contribution in [-0.4, -0.2) is 79.0 Å². The van der Waals surface area contributed by atoms with Crippen LogP contribution in [0.4, 0.5) is 4.79 Å². The Labute approximate surface area is 191 Å². The molecule has 1 aliphatic heterocycles. The Morgan fingerprint density at radius 3 is 2.21 bits per heavy atom. The first kappa shape index (κ1) is 22.8. The summed E-state index contributed by atoms with van der Waals surface area (Å²) in [5.41, 5.74) is 4.35. The van der Waals surface area contributed by atoms with Crippen LogP contribution in [0.3, 0.4) is 0 Å². The standard InChI is InChI=1S/C24H27N3O6/c1-26(32-2)15-12-27(13-15)23(30)21(11-22(28)29)25-24(31)33-14-20-18-9-5-3-7-16(18)17-8-4-6-10-19(17)20/h3-10,15,20-21H,11-14H2,1-2H3,(H,25,31)(H,28,29). The summed E-state index contributed by atoms with van der Waals surface area (Å²) in [5.74, 6) is -1.76. The van der Waals surface area contributed by atoms with Crippen LogP contribution in [0.5, 0.6) is 0 Å². The Hall–Kier alpha value is -3.43. The van der Waals surface area contributed by atoms with E-state index in [0.717, 1.165) is 22.3 Å². The second-order valence-corrected chi connectivity index (χ2v) is 8.25. The maximum atomic E-state index is 12.8. The molecule has 2 aromatic rings. The SMILES string of the molecule is CON(C)C1CN(C(=O)C(CC(=O)O)NC(=O)OCC2c3ccccc3-c3ccccc32)C1. The average Bonchev–Trinajstić information content (AvgIpc) is 3.09. The number of carboxylic acid groups (broad SMARTS) is 1. The van der Waals surface area contributed by atoms with Crippen LogP contribution in [0.15, 0.2) is 48.5 Å². The van der Waals surface area contributed by atoms with Crippen molar-refractivity contribution in [2.24, 2.45) is 0 Å². The summed E-state index contributed by atoms with van der Waals surface area (Å²) in [6.45, 7) is 0.871. The lowest BCUT2D eigenvalue weighted by Crippen LogP contribution is -2.63. The molecule has 1 fully saturated rings. The van der Waals surface area contributed by atoms with E-state index in [1.54, 1.807) is 12.1 Å². The van der Waals surface area contributed by atoms with E-state index in [1.807, 2.05) is 48.5 Å². The van der Waals surface area contributed by atoms with Gasteiger partial charge in [-0.2, -0.15) is 5.06 Å². The third kappa shape index (κ3) is 4.69. The number of carboxylic acids is 1. The maximum absolute atomic E-state index is 12.8. The molecule has 2 N–H and O–H groups in total. The minimum Gasteiger partial charge on any atom is -0.481 e. The lowest BCUT2D eigenvalue weighted by molar-refractivity contribution is -0.181. The molecule has 0 bridgehead atoms. The van der Waals surface area contributed by atoms with Gasteiger partial charge in [-0.25, -0.2) is 4.79 Å². The average molecular weight is 453 g/mol. The van der Waals surface area contributed by atoms with Crippen LogP contribution in [0.1, 0.15) is 23.5 Å². The lowest BCUT2D eigenvalue weighted by Gasteiger charge is -2.43. The molecule has 0 radical (unpaired) electrons. The summed E-state index contributed by atoms with van der Waals surface area (Å²) < 4.78 is 5.47. The second-order valence-electron chi connectivity index (χ2n) is 8.25. The fourth-order valence-electron chi connectivity index (χ4n) is 4.39. The number of hydroxylamine groups is 2. The van der Waals surface area contributed by atoms with Crippen LogP contribution >= 0.6 is 0 Å². The monoisotopic (exact) mass is 453 g/mol. The predicted octanol–water partition coefficient (Wildman–Crippen LogP) is 2.07. The molecule has 4 rings (SSSR count). The third-order valence-electron chi connectivity index (χ3n) is 6.29. The number of carbonyl (C=O) groups is 3.